The fourth-order valence-electron chi connectivity index (χ4n) is 2.43. The fourth-order valence-corrected chi connectivity index (χ4v) is 2.43. The third kappa shape index (κ3) is 5.64. The van der Waals surface area contributed by atoms with Gasteiger partial charge in [0.05, 0.1) is 6.21 Å². The van der Waals surface area contributed by atoms with Gasteiger partial charge in [-0.05, 0) is 55.3 Å². The number of hydrazone groups is 1. The summed E-state index contributed by atoms with van der Waals surface area (Å²) < 4.78 is 0. The van der Waals surface area contributed by atoms with Gasteiger partial charge >= 0.3 is 0 Å². The van der Waals surface area contributed by atoms with Crippen molar-refractivity contribution in [1.29, 1.82) is 0 Å². The molecule has 5 nitrogen and oxygen atoms in total. The first kappa shape index (κ1) is 18.5. The zero-order chi connectivity index (χ0) is 18.1. The first-order chi connectivity index (χ1) is 12.1. The molecule has 0 atom stereocenters. The van der Waals surface area contributed by atoms with Crippen LogP contribution in [-0.2, 0) is 0 Å². The normalized spacial score (nSPS) is 10.8. The Morgan fingerprint density at radius 1 is 1.12 bits per heavy atom. The molecule has 2 aromatic carbocycles. The summed E-state index contributed by atoms with van der Waals surface area (Å²) in [6.45, 7) is 6.39. The van der Waals surface area contributed by atoms with Gasteiger partial charge in [-0.1, -0.05) is 25.5 Å². The Balaban J connectivity index is 1.92. The van der Waals surface area contributed by atoms with E-state index < -0.39 is 0 Å². The minimum Gasteiger partial charge on any atom is -0.508 e. The summed E-state index contributed by atoms with van der Waals surface area (Å²) in [5, 5.41) is 13.2. The van der Waals surface area contributed by atoms with E-state index in [1.807, 2.05) is 12.1 Å². The number of amides is 1. The molecule has 2 rings (SSSR count). The highest BCUT2D eigenvalue weighted by atomic mass is 16.3. The molecule has 2 N–H and O–H groups in total. The van der Waals surface area contributed by atoms with E-state index in [4.69, 9.17) is 0 Å². The molecule has 2 aromatic rings. The first-order valence-corrected chi connectivity index (χ1v) is 8.61. The van der Waals surface area contributed by atoms with Gasteiger partial charge in [-0.2, -0.15) is 5.10 Å². The van der Waals surface area contributed by atoms with Crippen LogP contribution in [0.4, 0.5) is 5.69 Å². The Labute approximate surface area is 149 Å². The maximum atomic E-state index is 11.9. The zero-order valence-corrected chi connectivity index (χ0v) is 14.8. The minimum absolute atomic E-state index is 0.125. The molecular formula is C20H25N3O2. The van der Waals surface area contributed by atoms with Gasteiger partial charge in [-0.3, -0.25) is 4.79 Å². The van der Waals surface area contributed by atoms with Crippen molar-refractivity contribution in [2.75, 3.05) is 18.0 Å². The van der Waals surface area contributed by atoms with Crippen LogP contribution in [0.2, 0.25) is 0 Å². The number of phenolic OH excluding ortho intramolecular Hbond substituents is 1. The van der Waals surface area contributed by atoms with E-state index in [1.54, 1.807) is 18.3 Å². The number of hydrogen-bond donors (Lipinski definition) is 2. The van der Waals surface area contributed by atoms with Gasteiger partial charge < -0.3 is 10.0 Å². The fraction of sp³-hybridized carbons (Fsp3) is 0.300. The molecule has 0 aliphatic rings. The molecule has 5 heteroatoms. The van der Waals surface area contributed by atoms with Crippen LogP contribution in [0.1, 0.15) is 42.6 Å². The third-order valence-corrected chi connectivity index (χ3v) is 3.93. The van der Waals surface area contributed by atoms with Gasteiger partial charge in [0, 0.05) is 24.3 Å². The van der Waals surface area contributed by atoms with Crippen LogP contribution in [0.3, 0.4) is 0 Å². The van der Waals surface area contributed by atoms with Crippen molar-refractivity contribution in [2.24, 2.45) is 5.10 Å². The zero-order valence-electron chi connectivity index (χ0n) is 14.8. The Hall–Kier alpha value is -2.82. The van der Waals surface area contributed by atoms with Crippen molar-refractivity contribution in [3.05, 3.63) is 59.7 Å². The summed E-state index contributed by atoms with van der Waals surface area (Å²) in [7, 11) is 0. The van der Waals surface area contributed by atoms with Gasteiger partial charge in [0.2, 0.25) is 0 Å². The molecule has 0 heterocycles. The average molecular weight is 339 g/mol. The van der Waals surface area contributed by atoms with E-state index in [0.717, 1.165) is 18.7 Å². The molecule has 0 spiro atoms. The Kier molecular flexibility index (Phi) is 7.01. The Morgan fingerprint density at radius 2 is 1.80 bits per heavy atom. The van der Waals surface area contributed by atoms with E-state index in [0.29, 0.717) is 5.56 Å². The van der Waals surface area contributed by atoms with Crippen molar-refractivity contribution in [3.8, 4) is 5.75 Å². The van der Waals surface area contributed by atoms with Gasteiger partial charge in [-0.25, -0.2) is 5.43 Å². The highest BCUT2D eigenvalue weighted by molar-refractivity contribution is 5.95. The lowest BCUT2D eigenvalue weighted by atomic mass is 10.2. The Morgan fingerprint density at radius 3 is 2.40 bits per heavy atom. The number of hydrogen-bond acceptors (Lipinski definition) is 4. The molecule has 25 heavy (non-hydrogen) atoms. The minimum atomic E-state index is -0.315. The number of unbranched alkanes of at least 4 members (excludes halogenated alkanes) is 1. The molecule has 0 aliphatic carbocycles. The summed E-state index contributed by atoms with van der Waals surface area (Å²) in [6, 6.07) is 14.1. The van der Waals surface area contributed by atoms with Gasteiger partial charge in [0.1, 0.15) is 5.75 Å². The van der Waals surface area contributed by atoms with Crippen LogP contribution in [0, 0.1) is 0 Å². The molecule has 0 aromatic heterocycles. The number of aromatic hydroxyl groups is 1. The van der Waals surface area contributed by atoms with E-state index >= 15 is 0 Å². The van der Waals surface area contributed by atoms with E-state index in [9.17, 15) is 9.90 Å². The number of nitrogens with zero attached hydrogens (tertiary/aromatic N) is 2. The van der Waals surface area contributed by atoms with Gasteiger partial charge in [0.15, 0.2) is 0 Å². The number of nitrogens with one attached hydrogen (secondary N) is 1. The van der Waals surface area contributed by atoms with Crippen LogP contribution in [0.5, 0.6) is 5.75 Å². The van der Waals surface area contributed by atoms with Crippen LogP contribution in [-0.4, -0.2) is 30.3 Å². The number of anilines is 1. The van der Waals surface area contributed by atoms with Crippen molar-refractivity contribution in [3.63, 3.8) is 0 Å². The summed E-state index contributed by atoms with van der Waals surface area (Å²) in [4.78, 5) is 14.3. The van der Waals surface area contributed by atoms with Crippen LogP contribution < -0.4 is 10.3 Å². The molecule has 0 aliphatic heterocycles. The van der Waals surface area contributed by atoms with Gasteiger partial charge in [-0.15, -0.1) is 0 Å². The summed E-state index contributed by atoms with van der Waals surface area (Å²) >= 11 is 0. The number of rotatable bonds is 8. The van der Waals surface area contributed by atoms with E-state index in [1.165, 1.54) is 30.7 Å². The maximum absolute atomic E-state index is 11.9. The second kappa shape index (κ2) is 9.47. The van der Waals surface area contributed by atoms with Crippen molar-refractivity contribution >= 4 is 17.8 Å². The van der Waals surface area contributed by atoms with Crippen LogP contribution >= 0.6 is 0 Å². The van der Waals surface area contributed by atoms with Crippen LogP contribution in [0.15, 0.2) is 53.6 Å². The molecule has 1 amide bonds. The van der Waals surface area contributed by atoms with Gasteiger partial charge in [0.25, 0.3) is 5.91 Å². The lowest BCUT2D eigenvalue weighted by molar-refractivity contribution is 0.0955. The monoisotopic (exact) mass is 339 g/mol. The summed E-state index contributed by atoms with van der Waals surface area (Å²) in [6.07, 6.45) is 3.98. The lowest BCUT2D eigenvalue weighted by Crippen LogP contribution is -2.23. The standard InChI is InChI=1S/C20H25N3O2/c1-3-5-14-23(4-2)18-10-6-16(7-11-18)15-21-22-20(25)17-8-12-19(24)13-9-17/h6-13,15,24H,3-5,14H2,1-2H3,(H,22,25)/b21-15+. The highest BCUT2D eigenvalue weighted by Gasteiger charge is 2.04. The molecular weight excluding hydrogens is 314 g/mol. The topological polar surface area (TPSA) is 64.9 Å². The molecule has 0 fully saturated rings. The maximum Gasteiger partial charge on any atom is 0.271 e. The average Bonchev–Trinajstić information content (AvgIpc) is 2.64. The predicted molar refractivity (Wildman–Crippen MR) is 102 cm³/mol. The number of carbonyl (C=O) groups is 1. The van der Waals surface area contributed by atoms with E-state index in [2.05, 4.69) is 41.4 Å². The van der Waals surface area contributed by atoms with Crippen molar-refractivity contribution in [1.82, 2.24) is 5.43 Å². The second-order valence-corrected chi connectivity index (χ2v) is 5.77. The lowest BCUT2D eigenvalue weighted by Gasteiger charge is -2.22. The van der Waals surface area contributed by atoms with Crippen molar-refractivity contribution < 1.29 is 9.90 Å². The molecule has 0 unspecified atom stereocenters. The Bertz CT molecular complexity index is 694. The molecule has 0 saturated carbocycles. The quantitative estimate of drug-likeness (QED) is 0.568. The highest BCUT2D eigenvalue weighted by Crippen LogP contribution is 2.15. The SMILES string of the molecule is CCCCN(CC)c1ccc(/C=N/NC(=O)c2ccc(O)cc2)cc1. The van der Waals surface area contributed by atoms with Crippen LogP contribution in [0.25, 0.3) is 0 Å². The predicted octanol–water partition coefficient (Wildman–Crippen LogP) is 3.78. The molecule has 0 saturated heterocycles. The smallest absolute Gasteiger partial charge is 0.271 e. The number of benzene rings is 2. The number of carbonyl (C=O) groups excluding carboxylic acids is 1. The van der Waals surface area contributed by atoms with E-state index in [-0.39, 0.29) is 11.7 Å². The second-order valence-electron chi connectivity index (χ2n) is 5.77. The number of phenols is 1. The van der Waals surface area contributed by atoms with Crippen molar-refractivity contribution in [2.45, 2.75) is 26.7 Å². The molecule has 132 valence electrons. The summed E-state index contributed by atoms with van der Waals surface area (Å²) in [5.41, 5.74) is 5.04. The first-order valence-electron chi connectivity index (χ1n) is 8.61. The molecule has 0 radical (unpaired) electrons. The molecule has 0 bridgehead atoms. The third-order valence-electron chi connectivity index (χ3n) is 3.93. The largest absolute Gasteiger partial charge is 0.508 e. The summed E-state index contributed by atoms with van der Waals surface area (Å²) in [5.74, 6) is -0.190.